The highest BCUT2D eigenvalue weighted by Gasteiger charge is 2.13. The first kappa shape index (κ1) is 14.8. The van der Waals surface area contributed by atoms with Crippen LogP contribution in [0.15, 0.2) is 0 Å². The summed E-state index contributed by atoms with van der Waals surface area (Å²) in [6.45, 7) is 6.78. The molecule has 7 heteroatoms. The van der Waals surface area contributed by atoms with Gasteiger partial charge in [0.2, 0.25) is 0 Å². The van der Waals surface area contributed by atoms with Crippen molar-refractivity contribution in [3.63, 3.8) is 0 Å². The third-order valence-corrected chi connectivity index (χ3v) is 2.69. The third kappa shape index (κ3) is 7.69. The normalized spacial score (nSPS) is 12.3. The molecule has 0 radical (unpaired) electrons. The first-order valence-corrected chi connectivity index (χ1v) is 6.51. The second-order valence-electron chi connectivity index (χ2n) is 2.69. The predicted octanol–water partition coefficient (Wildman–Crippen LogP) is -0.171. The molecule has 0 atom stereocenters. The smallest absolute Gasteiger partial charge is 0.277 e. The van der Waals surface area contributed by atoms with E-state index in [1.807, 2.05) is 13.8 Å². The Morgan fingerprint density at radius 2 is 1.60 bits per heavy atom. The lowest BCUT2D eigenvalue weighted by Crippen LogP contribution is -2.41. The van der Waals surface area contributed by atoms with Crippen LogP contribution in [0.5, 0.6) is 0 Å². The van der Waals surface area contributed by atoms with Crippen LogP contribution in [-0.2, 0) is 19.7 Å². The van der Waals surface area contributed by atoms with Crippen molar-refractivity contribution in [1.29, 1.82) is 0 Å². The van der Waals surface area contributed by atoms with Crippen LogP contribution >= 0.6 is 0 Å². The van der Waals surface area contributed by atoms with Crippen LogP contribution in [0.25, 0.3) is 0 Å². The first-order valence-electron chi connectivity index (χ1n) is 5.03. The van der Waals surface area contributed by atoms with Gasteiger partial charge in [0.15, 0.2) is 6.29 Å². The van der Waals surface area contributed by atoms with Crippen molar-refractivity contribution in [1.82, 2.24) is 9.44 Å². The van der Waals surface area contributed by atoms with Gasteiger partial charge in [-0.15, -0.1) is 0 Å². The monoisotopic (exact) mass is 240 g/mol. The van der Waals surface area contributed by atoms with E-state index in [-0.39, 0.29) is 6.54 Å². The molecule has 0 heterocycles. The van der Waals surface area contributed by atoms with E-state index in [9.17, 15) is 8.42 Å². The lowest BCUT2D eigenvalue weighted by Gasteiger charge is -2.17. The predicted molar refractivity (Wildman–Crippen MR) is 57.6 cm³/mol. The molecule has 0 aliphatic heterocycles. The van der Waals surface area contributed by atoms with Crippen molar-refractivity contribution in [2.75, 3.05) is 26.3 Å². The van der Waals surface area contributed by atoms with E-state index in [1.165, 1.54) is 0 Å². The van der Waals surface area contributed by atoms with Gasteiger partial charge in [-0.1, -0.05) is 6.92 Å². The molecule has 0 saturated heterocycles. The van der Waals surface area contributed by atoms with Crippen molar-refractivity contribution < 1.29 is 17.9 Å². The second-order valence-corrected chi connectivity index (χ2v) is 4.27. The van der Waals surface area contributed by atoms with E-state index in [1.54, 1.807) is 6.92 Å². The molecule has 15 heavy (non-hydrogen) atoms. The Labute approximate surface area is 91.5 Å². The van der Waals surface area contributed by atoms with Gasteiger partial charge < -0.3 is 9.47 Å². The molecule has 0 unspecified atom stereocenters. The molecular weight excluding hydrogens is 220 g/mol. The average Bonchev–Trinajstić information content (AvgIpc) is 2.15. The Morgan fingerprint density at radius 1 is 1.07 bits per heavy atom. The second kappa shape index (κ2) is 8.00. The summed E-state index contributed by atoms with van der Waals surface area (Å²) in [5.74, 6) is 0. The molecule has 0 spiro atoms. The van der Waals surface area contributed by atoms with Gasteiger partial charge in [-0.05, 0) is 13.8 Å². The number of hydrogen-bond acceptors (Lipinski definition) is 4. The van der Waals surface area contributed by atoms with E-state index in [4.69, 9.17) is 9.47 Å². The van der Waals surface area contributed by atoms with Crippen molar-refractivity contribution in [3.05, 3.63) is 0 Å². The molecule has 6 nitrogen and oxygen atoms in total. The summed E-state index contributed by atoms with van der Waals surface area (Å²) in [4.78, 5) is 0. The average molecular weight is 240 g/mol. The zero-order chi connectivity index (χ0) is 11.7. The van der Waals surface area contributed by atoms with Crippen LogP contribution in [0, 0.1) is 0 Å². The van der Waals surface area contributed by atoms with Crippen LogP contribution in [0.3, 0.4) is 0 Å². The molecule has 0 aromatic carbocycles. The largest absolute Gasteiger partial charge is 0.352 e. The van der Waals surface area contributed by atoms with Gasteiger partial charge in [-0.25, -0.2) is 4.72 Å². The van der Waals surface area contributed by atoms with E-state index in [0.29, 0.717) is 19.8 Å². The highest BCUT2D eigenvalue weighted by Crippen LogP contribution is 1.93. The maximum Gasteiger partial charge on any atom is 0.277 e. The first-order chi connectivity index (χ1) is 7.05. The molecule has 92 valence electrons. The van der Waals surface area contributed by atoms with Crippen LogP contribution in [0.1, 0.15) is 20.8 Å². The molecule has 0 saturated carbocycles. The van der Waals surface area contributed by atoms with E-state index < -0.39 is 16.5 Å². The molecule has 0 amide bonds. The van der Waals surface area contributed by atoms with Gasteiger partial charge in [0.25, 0.3) is 10.2 Å². The van der Waals surface area contributed by atoms with Crippen LogP contribution in [0.4, 0.5) is 0 Å². The number of rotatable bonds is 9. The Morgan fingerprint density at radius 3 is 2.00 bits per heavy atom. The third-order valence-electron chi connectivity index (χ3n) is 1.48. The zero-order valence-electron chi connectivity index (χ0n) is 9.45. The summed E-state index contributed by atoms with van der Waals surface area (Å²) < 4.78 is 37.4. The molecule has 2 N–H and O–H groups in total. The quantitative estimate of drug-likeness (QED) is 0.549. The lowest BCUT2D eigenvalue weighted by molar-refractivity contribution is -0.130. The molecular formula is C8H20N2O4S. The SMILES string of the molecule is CCNS(=O)(=O)NCC(OCC)OCC. The molecule has 0 bridgehead atoms. The van der Waals surface area contributed by atoms with Crippen molar-refractivity contribution in [3.8, 4) is 0 Å². The highest BCUT2D eigenvalue weighted by atomic mass is 32.2. The fourth-order valence-electron chi connectivity index (χ4n) is 0.957. The Bertz CT molecular complexity index is 237. The number of nitrogens with one attached hydrogen (secondary N) is 2. The van der Waals surface area contributed by atoms with Gasteiger partial charge in [-0.2, -0.15) is 13.1 Å². The van der Waals surface area contributed by atoms with E-state index in [2.05, 4.69) is 9.44 Å². The summed E-state index contributed by atoms with van der Waals surface area (Å²) in [6, 6.07) is 0. The van der Waals surface area contributed by atoms with Gasteiger partial charge in [-0.3, -0.25) is 0 Å². The van der Waals surface area contributed by atoms with Crippen molar-refractivity contribution in [2.45, 2.75) is 27.1 Å². The summed E-state index contributed by atoms with van der Waals surface area (Å²) in [7, 11) is -3.42. The fraction of sp³-hybridized carbons (Fsp3) is 1.00. The molecule has 0 aromatic heterocycles. The highest BCUT2D eigenvalue weighted by molar-refractivity contribution is 7.87. The van der Waals surface area contributed by atoms with Gasteiger partial charge in [0.05, 0.1) is 6.54 Å². The van der Waals surface area contributed by atoms with Gasteiger partial charge >= 0.3 is 0 Å². The van der Waals surface area contributed by atoms with Crippen molar-refractivity contribution >= 4 is 10.2 Å². The topological polar surface area (TPSA) is 76.7 Å². The molecule has 0 aliphatic carbocycles. The maximum absolute atomic E-state index is 11.2. The Balaban J connectivity index is 3.97. The van der Waals surface area contributed by atoms with Crippen LogP contribution in [0.2, 0.25) is 0 Å². The lowest BCUT2D eigenvalue weighted by atomic mass is 10.6. The summed E-state index contributed by atoms with van der Waals surface area (Å²) in [5.41, 5.74) is 0. The minimum atomic E-state index is -3.42. The number of ether oxygens (including phenoxy) is 2. The zero-order valence-corrected chi connectivity index (χ0v) is 10.3. The number of hydrogen-bond donors (Lipinski definition) is 2. The molecule has 0 aliphatic rings. The van der Waals surface area contributed by atoms with Gasteiger partial charge in [0.1, 0.15) is 0 Å². The van der Waals surface area contributed by atoms with Gasteiger partial charge in [0, 0.05) is 19.8 Å². The Kier molecular flexibility index (Phi) is 7.89. The fourth-order valence-corrected chi connectivity index (χ4v) is 1.79. The molecule has 0 fully saturated rings. The summed E-state index contributed by atoms with van der Waals surface area (Å²) in [6.07, 6.45) is -0.534. The maximum atomic E-state index is 11.2. The van der Waals surface area contributed by atoms with E-state index in [0.717, 1.165) is 0 Å². The van der Waals surface area contributed by atoms with Crippen LogP contribution in [-0.4, -0.2) is 41.0 Å². The molecule has 0 aromatic rings. The Hall–Kier alpha value is -0.210. The summed E-state index contributed by atoms with van der Waals surface area (Å²) in [5, 5.41) is 0. The minimum Gasteiger partial charge on any atom is -0.352 e. The molecule has 0 rings (SSSR count). The summed E-state index contributed by atoms with van der Waals surface area (Å²) >= 11 is 0. The van der Waals surface area contributed by atoms with Crippen LogP contribution < -0.4 is 9.44 Å². The van der Waals surface area contributed by atoms with E-state index >= 15 is 0 Å². The van der Waals surface area contributed by atoms with Crippen molar-refractivity contribution in [2.24, 2.45) is 0 Å². The minimum absolute atomic E-state index is 0.108. The standard InChI is InChI=1S/C8H20N2O4S/c1-4-9-15(11,12)10-7-8(13-5-2)14-6-3/h8-10H,4-7H2,1-3H3.